The Balaban J connectivity index is 1.68. The highest BCUT2D eigenvalue weighted by Crippen LogP contribution is 2.19. The van der Waals surface area contributed by atoms with Gasteiger partial charge in [-0.3, -0.25) is 10.1 Å². The van der Waals surface area contributed by atoms with E-state index in [-0.39, 0.29) is 11.9 Å². The Labute approximate surface area is 174 Å². The molecule has 2 N–H and O–H groups in total. The van der Waals surface area contributed by atoms with E-state index in [4.69, 9.17) is 4.74 Å². The van der Waals surface area contributed by atoms with Crippen LogP contribution in [-0.4, -0.2) is 59.4 Å². The van der Waals surface area contributed by atoms with Crippen molar-refractivity contribution in [3.05, 3.63) is 40.9 Å². The van der Waals surface area contributed by atoms with Crippen molar-refractivity contribution in [2.45, 2.75) is 32.7 Å². The number of hydrogen-bond donors (Lipinski definition) is 2. The SMILES string of the molecule is CC(C)Cc1nnc(NC(=O)[C@H](Cc2ccccc2)NC(=O)N2CCOCC2)s1. The van der Waals surface area contributed by atoms with Gasteiger partial charge in [-0.25, -0.2) is 4.79 Å². The van der Waals surface area contributed by atoms with Crippen LogP contribution in [-0.2, 0) is 22.4 Å². The maximum Gasteiger partial charge on any atom is 0.318 e. The number of nitrogens with one attached hydrogen (secondary N) is 2. The van der Waals surface area contributed by atoms with Gasteiger partial charge >= 0.3 is 6.03 Å². The monoisotopic (exact) mass is 417 g/mol. The van der Waals surface area contributed by atoms with Crippen LogP contribution in [0.1, 0.15) is 24.4 Å². The lowest BCUT2D eigenvalue weighted by Crippen LogP contribution is -2.53. The molecule has 0 saturated carbocycles. The van der Waals surface area contributed by atoms with Crippen molar-refractivity contribution in [1.82, 2.24) is 20.4 Å². The van der Waals surface area contributed by atoms with E-state index < -0.39 is 6.04 Å². The Morgan fingerprint density at radius 1 is 1.14 bits per heavy atom. The first kappa shape index (κ1) is 21.2. The lowest BCUT2D eigenvalue weighted by molar-refractivity contribution is -0.118. The van der Waals surface area contributed by atoms with E-state index in [1.165, 1.54) is 11.3 Å². The van der Waals surface area contributed by atoms with E-state index in [0.717, 1.165) is 17.0 Å². The molecule has 1 aromatic heterocycles. The summed E-state index contributed by atoms with van der Waals surface area (Å²) in [6.07, 6.45) is 1.20. The topological polar surface area (TPSA) is 96.4 Å². The van der Waals surface area contributed by atoms with E-state index in [1.54, 1.807) is 4.90 Å². The summed E-state index contributed by atoms with van der Waals surface area (Å²) in [4.78, 5) is 27.2. The standard InChI is InChI=1S/C20H27N5O3S/c1-14(2)12-17-23-24-19(29-17)22-18(26)16(13-15-6-4-3-5-7-15)21-20(27)25-8-10-28-11-9-25/h3-7,14,16H,8-13H2,1-2H3,(H,21,27)(H,22,24,26)/t16-/m0/s1. The first-order valence-corrected chi connectivity index (χ1v) is 10.6. The molecule has 0 aliphatic carbocycles. The first-order chi connectivity index (χ1) is 14.0. The molecular formula is C20H27N5O3S. The minimum atomic E-state index is -0.717. The van der Waals surface area contributed by atoms with Gasteiger partial charge in [0.05, 0.1) is 13.2 Å². The third-order valence-electron chi connectivity index (χ3n) is 4.47. The third-order valence-corrected chi connectivity index (χ3v) is 5.34. The molecule has 0 radical (unpaired) electrons. The number of urea groups is 1. The summed E-state index contributed by atoms with van der Waals surface area (Å²) in [5.41, 5.74) is 0.965. The van der Waals surface area contributed by atoms with Gasteiger partial charge in [0.2, 0.25) is 11.0 Å². The fourth-order valence-electron chi connectivity index (χ4n) is 2.99. The molecule has 1 fully saturated rings. The van der Waals surface area contributed by atoms with Crippen molar-refractivity contribution < 1.29 is 14.3 Å². The molecule has 0 unspecified atom stereocenters. The van der Waals surface area contributed by atoms with Crippen LogP contribution in [0.25, 0.3) is 0 Å². The summed E-state index contributed by atoms with van der Waals surface area (Å²) in [5, 5.41) is 15.2. The van der Waals surface area contributed by atoms with Crippen molar-refractivity contribution in [1.29, 1.82) is 0 Å². The summed E-state index contributed by atoms with van der Waals surface area (Å²) >= 11 is 1.37. The van der Waals surface area contributed by atoms with Crippen LogP contribution in [0.15, 0.2) is 30.3 Å². The molecule has 8 nitrogen and oxygen atoms in total. The predicted molar refractivity (Wildman–Crippen MR) is 112 cm³/mol. The van der Waals surface area contributed by atoms with Gasteiger partial charge in [0, 0.05) is 25.9 Å². The number of aromatic nitrogens is 2. The van der Waals surface area contributed by atoms with Gasteiger partial charge in [0.1, 0.15) is 11.0 Å². The van der Waals surface area contributed by atoms with E-state index in [9.17, 15) is 9.59 Å². The molecule has 3 amide bonds. The number of morpholine rings is 1. The number of rotatable bonds is 7. The number of hydrogen-bond acceptors (Lipinski definition) is 6. The van der Waals surface area contributed by atoms with Crippen molar-refractivity contribution in [3.63, 3.8) is 0 Å². The van der Waals surface area contributed by atoms with Gasteiger partial charge in [-0.1, -0.05) is 55.5 Å². The van der Waals surface area contributed by atoms with Gasteiger partial charge in [-0.05, 0) is 11.5 Å². The number of anilines is 1. The average Bonchev–Trinajstić information content (AvgIpc) is 3.14. The Hall–Kier alpha value is -2.52. The quantitative estimate of drug-likeness (QED) is 0.721. The molecule has 0 spiro atoms. The van der Waals surface area contributed by atoms with Crippen LogP contribution in [0.3, 0.4) is 0 Å². The number of ether oxygens (including phenoxy) is 1. The predicted octanol–water partition coefficient (Wildman–Crippen LogP) is 2.33. The number of carbonyl (C=O) groups is 2. The van der Waals surface area contributed by atoms with Crippen LogP contribution in [0.2, 0.25) is 0 Å². The molecule has 9 heteroatoms. The molecule has 156 valence electrons. The molecule has 2 heterocycles. The molecule has 0 bridgehead atoms. The Bertz CT molecular complexity index is 805. The molecule has 1 aromatic carbocycles. The van der Waals surface area contributed by atoms with E-state index in [1.807, 2.05) is 30.3 Å². The van der Waals surface area contributed by atoms with Crippen LogP contribution < -0.4 is 10.6 Å². The molecule has 1 atom stereocenters. The summed E-state index contributed by atoms with van der Waals surface area (Å²) in [7, 11) is 0. The molecule has 1 aliphatic heterocycles. The molecular weight excluding hydrogens is 390 g/mol. The van der Waals surface area contributed by atoms with Crippen LogP contribution in [0.4, 0.5) is 9.93 Å². The van der Waals surface area contributed by atoms with Crippen LogP contribution >= 0.6 is 11.3 Å². The summed E-state index contributed by atoms with van der Waals surface area (Å²) < 4.78 is 5.29. The Kier molecular flexibility index (Phi) is 7.54. The Morgan fingerprint density at radius 2 is 1.86 bits per heavy atom. The zero-order chi connectivity index (χ0) is 20.6. The molecule has 1 saturated heterocycles. The largest absolute Gasteiger partial charge is 0.378 e. The van der Waals surface area contributed by atoms with E-state index >= 15 is 0 Å². The van der Waals surface area contributed by atoms with Crippen LogP contribution in [0, 0.1) is 5.92 Å². The minimum absolute atomic E-state index is 0.262. The number of nitrogens with zero attached hydrogens (tertiary/aromatic N) is 3. The third kappa shape index (κ3) is 6.50. The highest BCUT2D eigenvalue weighted by molar-refractivity contribution is 7.15. The van der Waals surface area contributed by atoms with E-state index in [0.29, 0.717) is 43.8 Å². The zero-order valence-corrected chi connectivity index (χ0v) is 17.6. The molecule has 2 aromatic rings. The smallest absolute Gasteiger partial charge is 0.318 e. The highest BCUT2D eigenvalue weighted by Gasteiger charge is 2.26. The highest BCUT2D eigenvalue weighted by atomic mass is 32.1. The zero-order valence-electron chi connectivity index (χ0n) is 16.8. The van der Waals surface area contributed by atoms with Gasteiger partial charge in [-0.15, -0.1) is 10.2 Å². The van der Waals surface area contributed by atoms with Gasteiger partial charge in [0.25, 0.3) is 0 Å². The summed E-state index contributed by atoms with van der Waals surface area (Å²) in [6, 6.07) is 8.64. The van der Waals surface area contributed by atoms with Crippen molar-refractivity contribution in [2.75, 3.05) is 31.6 Å². The number of carbonyl (C=O) groups excluding carboxylic acids is 2. The van der Waals surface area contributed by atoms with Crippen LogP contribution in [0.5, 0.6) is 0 Å². The lowest BCUT2D eigenvalue weighted by Gasteiger charge is -2.29. The maximum atomic E-state index is 12.9. The molecule has 1 aliphatic rings. The lowest BCUT2D eigenvalue weighted by atomic mass is 10.1. The fourth-order valence-corrected chi connectivity index (χ4v) is 3.95. The average molecular weight is 418 g/mol. The fraction of sp³-hybridized carbons (Fsp3) is 0.500. The minimum Gasteiger partial charge on any atom is -0.378 e. The van der Waals surface area contributed by atoms with Crippen molar-refractivity contribution >= 4 is 28.4 Å². The maximum absolute atomic E-state index is 12.9. The summed E-state index contributed by atoms with van der Waals surface area (Å²) in [5.74, 6) is 0.160. The molecule has 29 heavy (non-hydrogen) atoms. The second-order valence-electron chi connectivity index (χ2n) is 7.38. The summed E-state index contributed by atoms with van der Waals surface area (Å²) in [6.45, 7) is 6.26. The normalized spacial score (nSPS) is 15.2. The van der Waals surface area contributed by atoms with Gasteiger partial charge < -0.3 is 15.0 Å². The number of amides is 3. The second-order valence-corrected chi connectivity index (χ2v) is 8.44. The second kappa shape index (κ2) is 10.3. The first-order valence-electron chi connectivity index (χ1n) is 9.81. The van der Waals surface area contributed by atoms with E-state index in [2.05, 4.69) is 34.7 Å². The van der Waals surface area contributed by atoms with Gasteiger partial charge in [-0.2, -0.15) is 0 Å². The van der Waals surface area contributed by atoms with Gasteiger partial charge in [0.15, 0.2) is 0 Å². The number of benzene rings is 1. The molecule has 3 rings (SSSR count). The van der Waals surface area contributed by atoms with Crippen molar-refractivity contribution in [2.24, 2.45) is 5.92 Å². The Morgan fingerprint density at radius 3 is 2.55 bits per heavy atom. The van der Waals surface area contributed by atoms with Crippen molar-refractivity contribution in [3.8, 4) is 0 Å².